The molecule has 21 heavy (non-hydrogen) atoms. The second-order valence-corrected chi connectivity index (χ2v) is 4.90. The first-order valence-corrected chi connectivity index (χ1v) is 6.72. The van der Waals surface area contributed by atoms with Crippen LogP contribution in [0.25, 0.3) is 0 Å². The second-order valence-electron chi connectivity index (χ2n) is 4.90. The summed E-state index contributed by atoms with van der Waals surface area (Å²) >= 11 is 0. The van der Waals surface area contributed by atoms with Gasteiger partial charge in [-0.05, 0) is 11.1 Å². The van der Waals surface area contributed by atoms with Crippen LogP contribution in [0.1, 0.15) is 11.1 Å². The molecule has 7 nitrogen and oxygen atoms in total. The van der Waals surface area contributed by atoms with Crippen molar-refractivity contribution >= 4 is 0 Å². The lowest BCUT2D eigenvalue weighted by atomic mass is 10.0. The summed E-state index contributed by atoms with van der Waals surface area (Å²) in [5.74, 6) is 0. The molecule has 0 bridgehead atoms. The van der Waals surface area contributed by atoms with Gasteiger partial charge >= 0.3 is 0 Å². The zero-order valence-corrected chi connectivity index (χ0v) is 11.6. The van der Waals surface area contributed by atoms with Gasteiger partial charge in [0.1, 0.15) is 18.3 Å². The van der Waals surface area contributed by atoms with Gasteiger partial charge in [0.05, 0.1) is 19.3 Å². The highest BCUT2D eigenvalue weighted by Crippen LogP contribution is 2.06. The Morgan fingerprint density at radius 1 is 0.810 bits per heavy atom. The van der Waals surface area contributed by atoms with Crippen LogP contribution in [0.4, 0.5) is 0 Å². The number of rotatable bonds is 9. The molecule has 0 aliphatic rings. The van der Waals surface area contributed by atoms with Crippen molar-refractivity contribution in [1.29, 1.82) is 0 Å². The van der Waals surface area contributed by atoms with Crippen molar-refractivity contribution < 1.29 is 30.6 Å². The molecule has 0 aliphatic heterocycles. The number of hydrogen-bond acceptors (Lipinski definition) is 7. The average molecular weight is 301 g/mol. The summed E-state index contributed by atoms with van der Waals surface area (Å²) in [4.78, 5) is 0. The smallest absolute Gasteiger partial charge is 0.111 e. The maximum atomic E-state index is 9.69. The van der Waals surface area contributed by atoms with Crippen LogP contribution in [0.3, 0.4) is 0 Å². The summed E-state index contributed by atoms with van der Waals surface area (Å²) < 4.78 is 0. The molecule has 0 amide bonds. The third kappa shape index (κ3) is 5.68. The van der Waals surface area contributed by atoms with E-state index in [1.54, 1.807) is 12.1 Å². The van der Waals surface area contributed by atoms with Gasteiger partial charge in [-0.3, -0.25) is 0 Å². The highest BCUT2D eigenvalue weighted by molar-refractivity contribution is 5.21. The van der Waals surface area contributed by atoms with Crippen LogP contribution < -0.4 is 5.32 Å². The van der Waals surface area contributed by atoms with E-state index >= 15 is 0 Å². The maximum absolute atomic E-state index is 9.69. The lowest BCUT2D eigenvalue weighted by molar-refractivity contribution is -0.114. The lowest BCUT2D eigenvalue weighted by Gasteiger charge is -2.25. The van der Waals surface area contributed by atoms with Crippen molar-refractivity contribution in [3.8, 4) is 0 Å². The molecular formula is C14H23NO6. The zero-order chi connectivity index (χ0) is 15.8. The summed E-state index contributed by atoms with van der Waals surface area (Å²) in [5.41, 5.74) is 1.74. The fourth-order valence-electron chi connectivity index (χ4n) is 1.81. The monoisotopic (exact) mass is 301 g/mol. The molecular weight excluding hydrogens is 278 g/mol. The lowest BCUT2D eigenvalue weighted by Crippen LogP contribution is -2.48. The molecule has 0 fully saturated rings. The molecule has 1 aromatic rings. The summed E-state index contributed by atoms with van der Waals surface area (Å²) in [6, 6.07) is 7.21. The normalized spacial score (nSPS) is 17.2. The SMILES string of the molecule is OCc1ccc(CNC[C@H](O)[C@@H](O)[C@H](O)[C@H](O)CO)cc1. The largest absolute Gasteiger partial charge is 0.394 e. The molecule has 0 unspecified atom stereocenters. The Labute approximate surface area is 123 Å². The Bertz CT molecular complexity index is 399. The Kier molecular flexibility index (Phi) is 7.76. The predicted octanol–water partition coefficient (Wildman–Crippen LogP) is -2.30. The number of aliphatic hydroxyl groups is 6. The van der Waals surface area contributed by atoms with Crippen LogP contribution >= 0.6 is 0 Å². The van der Waals surface area contributed by atoms with E-state index in [1.807, 2.05) is 12.1 Å². The van der Waals surface area contributed by atoms with Gasteiger partial charge in [0.2, 0.25) is 0 Å². The molecule has 0 heterocycles. The van der Waals surface area contributed by atoms with Crippen molar-refractivity contribution in [3.05, 3.63) is 35.4 Å². The summed E-state index contributed by atoms with van der Waals surface area (Å²) in [7, 11) is 0. The molecule has 1 rings (SSSR count). The van der Waals surface area contributed by atoms with Gasteiger partial charge in [0, 0.05) is 13.1 Å². The van der Waals surface area contributed by atoms with Gasteiger partial charge in [-0.1, -0.05) is 24.3 Å². The fraction of sp³-hybridized carbons (Fsp3) is 0.571. The quantitative estimate of drug-likeness (QED) is 0.273. The van der Waals surface area contributed by atoms with E-state index in [9.17, 15) is 20.4 Å². The molecule has 120 valence electrons. The average Bonchev–Trinajstić information content (AvgIpc) is 2.53. The van der Waals surface area contributed by atoms with Crippen LogP contribution in [-0.4, -0.2) is 68.2 Å². The first-order valence-electron chi connectivity index (χ1n) is 6.72. The van der Waals surface area contributed by atoms with E-state index < -0.39 is 31.0 Å². The molecule has 4 atom stereocenters. The van der Waals surface area contributed by atoms with Gasteiger partial charge in [0.25, 0.3) is 0 Å². The van der Waals surface area contributed by atoms with Crippen molar-refractivity contribution in [1.82, 2.24) is 5.32 Å². The van der Waals surface area contributed by atoms with Gasteiger partial charge in [0.15, 0.2) is 0 Å². The zero-order valence-electron chi connectivity index (χ0n) is 11.6. The molecule has 0 saturated heterocycles. The minimum absolute atomic E-state index is 0.0120. The minimum Gasteiger partial charge on any atom is -0.394 e. The van der Waals surface area contributed by atoms with Crippen molar-refractivity contribution in [2.75, 3.05) is 13.2 Å². The topological polar surface area (TPSA) is 133 Å². The molecule has 0 saturated carbocycles. The predicted molar refractivity (Wildman–Crippen MR) is 75.2 cm³/mol. The van der Waals surface area contributed by atoms with Gasteiger partial charge in [-0.15, -0.1) is 0 Å². The summed E-state index contributed by atoms with van der Waals surface area (Å²) in [5, 5.41) is 58.4. The van der Waals surface area contributed by atoms with Crippen LogP contribution in [0.5, 0.6) is 0 Å². The Morgan fingerprint density at radius 3 is 1.86 bits per heavy atom. The van der Waals surface area contributed by atoms with Crippen molar-refractivity contribution in [3.63, 3.8) is 0 Å². The Balaban J connectivity index is 2.36. The minimum atomic E-state index is -1.62. The molecule has 7 heteroatoms. The highest BCUT2D eigenvalue weighted by atomic mass is 16.4. The van der Waals surface area contributed by atoms with Gasteiger partial charge < -0.3 is 36.0 Å². The van der Waals surface area contributed by atoms with Gasteiger partial charge in [-0.25, -0.2) is 0 Å². The number of aliphatic hydroxyl groups excluding tert-OH is 6. The van der Waals surface area contributed by atoms with E-state index in [-0.39, 0.29) is 13.2 Å². The van der Waals surface area contributed by atoms with E-state index in [1.165, 1.54) is 0 Å². The van der Waals surface area contributed by atoms with Crippen LogP contribution in [0.15, 0.2) is 24.3 Å². The molecule has 0 spiro atoms. The fourth-order valence-corrected chi connectivity index (χ4v) is 1.81. The molecule has 0 aliphatic carbocycles. The van der Waals surface area contributed by atoms with E-state index in [4.69, 9.17) is 10.2 Å². The number of benzene rings is 1. The van der Waals surface area contributed by atoms with Crippen LogP contribution in [0.2, 0.25) is 0 Å². The van der Waals surface area contributed by atoms with Crippen molar-refractivity contribution in [2.24, 2.45) is 0 Å². The molecule has 0 aromatic heterocycles. The highest BCUT2D eigenvalue weighted by Gasteiger charge is 2.29. The van der Waals surface area contributed by atoms with Crippen LogP contribution in [-0.2, 0) is 13.2 Å². The van der Waals surface area contributed by atoms with Crippen LogP contribution in [0, 0.1) is 0 Å². The Morgan fingerprint density at radius 2 is 1.33 bits per heavy atom. The first-order chi connectivity index (χ1) is 9.99. The van der Waals surface area contributed by atoms with E-state index in [0.717, 1.165) is 11.1 Å². The van der Waals surface area contributed by atoms with E-state index in [2.05, 4.69) is 5.32 Å². The van der Waals surface area contributed by atoms with Gasteiger partial charge in [-0.2, -0.15) is 0 Å². The van der Waals surface area contributed by atoms with E-state index in [0.29, 0.717) is 6.54 Å². The summed E-state index contributed by atoms with van der Waals surface area (Å²) in [6.45, 7) is -0.272. The number of nitrogens with one attached hydrogen (secondary N) is 1. The third-order valence-electron chi connectivity index (χ3n) is 3.21. The second kappa shape index (κ2) is 9.06. The third-order valence-corrected chi connectivity index (χ3v) is 3.21. The summed E-state index contributed by atoms with van der Waals surface area (Å²) in [6.07, 6.45) is -5.95. The molecule has 1 aromatic carbocycles. The number of hydrogen-bond donors (Lipinski definition) is 7. The van der Waals surface area contributed by atoms with Crippen molar-refractivity contribution in [2.45, 2.75) is 37.6 Å². The standard InChI is InChI=1S/C14H23NO6/c16-7-10-3-1-9(2-4-10)5-15-6-11(18)13(20)14(21)12(19)8-17/h1-4,11-21H,5-8H2/t11-,12+,13+,14+/m0/s1. The first kappa shape index (κ1) is 18.0. The maximum Gasteiger partial charge on any atom is 0.111 e. The molecule has 7 N–H and O–H groups in total. The Hall–Kier alpha value is -1.06. The molecule has 0 radical (unpaired) electrons.